The number of carbonyl (C=O) groups is 1. The molecule has 0 aliphatic heterocycles. The summed E-state index contributed by atoms with van der Waals surface area (Å²) < 4.78 is 1.70. The molecule has 3 rings (SSSR count). The molecule has 0 radical (unpaired) electrons. The van der Waals surface area contributed by atoms with Gasteiger partial charge < -0.3 is 4.90 Å². The molecule has 136 valence electrons. The van der Waals surface area contributed by atoms with Crippen LogP contribution in [0.25, 0.3) is 5.78 Å². The fourth-order valence-electron chi connectivity index (χ4n) is 2.93. The molecule has 0 atom stereocenters. The molecule has 0 saturated heterocycles. The first-order valence-corrected chi connectivity index (χ1v) is 8.96. The van der Waals surface area contributed by atoms with Gasteiger partial charge in [0.05, 0.1) is 0 Å². The van der Waals surface area contributed by atoms with Crippen molar-refractivity contribution in [3.8, 4) is 0 Å². The van der Waals surface area contributed by atoms with E-state index in [2.05, 4.69) is 15.1 Å². The molecule has 0 aliphatic rings. The van der Waals surface area contributed by atoms with Crippen LogP contribution in [0.5, 0.6) is 0 Å². The Morgan fingerprint density at radius 1 is 1.27 bits per heavy atom. The van der Waals surface area contributed by atoms with Gasteiger partial charge in [0.1, 0.15) is 6.33 Å². The largest absolute Gasteiger partial charge is 0.341 e. The van der Waals surface area contributed by atoms with Crippen LogP contribution >= 0.6 is 23.2 Å². The third kappa shape index (κ3) is 3.81. The second kappa shape index (κ2) is 7.60. The Morgan fingerprint density at radius 3 is 2.77 bits per heavy atom. The lowest BCUT2D eigenvalue weighted by Gasteiger charge is -2.19. The van der Waals surface area contributed by atoms with Gasteiger partial charge in [-0.15, -0.1) is 0 Å². The Hall–Kier alpha value is -2.18. The van der Waals surface area contributed by atoms with Gasteiger partial charge in [-0.25, -0.2) is 9.50 Å². The topological polar surface area (TPSA) is 63.4 Å². The maximum Gasteiger partial charge on any atom is 0.252 e. The smallest absolute Gasteiger partial charge is 0.252 e. The number of fused-ring (bicyclic) bond motifs is 1. The first-order chi connectivity index (χ1) is 12.4. The summed E-state index contributed by atoms with van der Waals surface area (Å²) in [5.41, 5.74) is 3.72. The highest BCUT2D eigenvalue weighted by Crippen LogP contribution is 2.22. The molecule has 0 fully saturated rings. The van der Waals surface area contributed by atoms with Gasteiger partial charge in [-0.1, -0.05) is 29.3 Å². The van der Waals surface area contributed by atoms with E-state index in [1.807, 2.05) is 19.9 Å². The van der Waals surface area contributed by atoms with Crippen LogP contribution in [0.1, 0.15) is 28.9 Å². The van der Waals surface area contributed by atoms with Crippen molar-refractivity contribution < 1.29 is 4.79 Å². The predicted octanol–water partition coefficient (Wildman–Crippen LogP) is 3.64. The van der Waals surface area contributed by atoms with Crippen molar-refractivity contribution in [3.05, 3.63) is 57.1 Å². The van der Waals surface area contributed by atoms with Crippen molar-refractivity contribution in [3.63, 3.8) is 0 Å². The van der Waals surface area contributed by atoms with Gasteiger partial charge in [0.25, 0.3) is 5.78 Å². The molecule has 6 nitrogen and oxygen atoms in total. The number of hydrogen-bond donors (Lipinski definition) is 0. The maximum atomic E-state index is 12.5. The van der Waals surface area contributed by atoms with Gasteiger partial charge in [0.2, 0.25) is 5.91 Å². The fourth-order valence-corrected chi connectivity index (χ4v) is 3.40. The van der Waals surface area contributed by atoms with Crippen LogP contribution in [0.4, 0.5) is 0 Å². The SMILES string of the molecule is Cc1nc2ncnn2c(C)c1CCC(=O)N(C)Cc1ccc(Cl)cc1Cl. The van der Waals surface area contributed by atoms with Gasteiger partial charge in [0, 0.05) is 41.4 Å². The van der Waals surface area contributed by atoms with E-state index in [1.165, 1.54) is 6.33 Å². The van der Waals surface area contributed by atoms with Crippen molar-refractivity contribution in [1.82, 2.24) is 24.5 Å². The molecule has 1 aromatic carbocycles. The Morgan fingerprint density at radius 2 is 2.04 bits per heavy atom. The molecule has 8 heteroatoms. The Kier molecular flexibility index (Phi) is 5.44. The van der Waals surface area contributed by atoms with Crippen LogP contribution in [0.2, 0.25) is 10.0 Å². The summed E-state index contributed by atoms with van der Waals surface area (Å²) in [7, 11) is 1.77. The van der Waals surface area contributed by atoms with E-state index in [0.29, 0.717) is 35.2 Å². The zero-order valence-electron chi connectivity index (χ0n) is 14.8. The van der Waals surface area contributed by atoms with Gasteiger partial charge in [-0.2, -0.15) is 10.1 Å². The van der Waals surface area contributed by atoms with Gasteiger partial charge in [-0.3, -0.25) is 4.79 Å². The van der Waals surface area contributed by atoms with Crippen molar-refractivity contribution in [2.75, 3.05) is 7.05 Å². The standard InChI is InChI=1S/C18H19Cl2N5O/c1-11-15(12(2)25-18(23-11)21-10-22-25)6-7-17(26)24(3)9-13-4-5-14(19)8-16(13)20/h4-5,8,10H,6-7,9H2,1-3H3. The number of halogens is 2. The van der Waals surface area contributed by atoms with Crippen molar-refractivity contribution in [2.24, 2.45) is 0 Å². The lowest BCUT2D eigenvalue weighted by Crippen LogP contribution is -2.26. The number of hydrogen-bond acceptors (Lipinski definition) is 4. The maximum absolute atomic E-state index is 12.5. The predicted molar refractivity (Wildman–Crippen MR) is 102 cm³/mol. The van der Waals surface area contributed by atoms with Crippen LogP contribution in [0.15, 0.2) is 24.5 Å². The Bertz CT molecular complexity index is 970. The number of amides is 1. The molecule has 2 aromatic heterocycles. The summed E-state index contributed by atoms with van der Waals surface area (Å²) in [4.78, 5) is 22.8. The minimum atomic E-state index is 0.0357. The lowest BCUT2D eigenvalue weighted by atomic mass is 10.1. The average molecular weight is 392 g/mol. The molecular weight excluding hydrogens is 373 g/mol. The molecule has 1 amide bonds. The monoisotopic (exact) mass is 391 g/mol. The van der Waals surface area contributed by atoms with E-state index in [9.17, 15) is 4.79 Å². The van der Waals surface area contributed by atoms with Gasteiger partial charge >= 0.3 is 0 Å². The highest BCUT2D eigenvalue weighted by atomic mass is 35.5. The zero-order valence-corrected chi connectivity index (χ0v) is 16.3. The summed E-state index contributed by atoms with van der Waals surface area (Å²) in [6, 6.07) is 5.29. The second-order valence-corrected chi connectivity index (χ2v) is 7.06. The third-order valence-corrected chi connectivity index (χ3v) is 5.01. The second-order valence-electron chi connectivity index (χ2n) is 6.22. The van der Waals surface area contributed by atoms with E-state index >= 15 is 0 Å². The molecular formula is C18H19Cl2N5O. The summed E-state index contributed by atoms with van der Waals surface area (Å²) in [6.07, 6.45) is 2.45. The lowest BCUT2D eigenvalue weighted by molar-refractivity contribution is -0.130. The number of nitrogens with zero attached hydrogens (tertiary/aromatic N) is 5. The Balaban J connectivity index is 1.68. The van der Waals surface area contributed by atoms with Crippen LogP contribution in [-0.4, -0.2) is 37.4 Å². The molecule has 0 saturated carbocycles. The summed E-state index contributed by atoms with van der Waals surface area (Å²) in [5, 5.41) is 5.32. The van der Waals surface area contributed by atoms with E-state index in [0.717, 1.165) is 22.5 Å². The number of aromatic nitrogens is 4. The summed E-state index contributed by atoms with van der Waals surface area (Å²) >= 11 is 12.1. The molecule has 0 aliphatic carbocycles. The van der Waals surface area contributed by atoms with Crippen LogP contribution in [0, 0.1) is 13.8 Å². The molecule has 2 heterocycles. The molecule has 0 bridgehead atoms. The highest BCUT2D eigenvalue weighted by molar-refractivity contribution is 6.35. The molecule has 0 spiro atoms. The van der Waals surface area contributed by atoms with Crippen molar-refractivity contribution in [2.45, 2.75) is 33.2 Å². The first-order valence-electron chi connectivity index (χ1n) is 8.20. The fraction of sp³-hybridized carbons (Fsp3) is 0.333. The first kappa shape index (κ1) is 18.6. The zero-order chi connectivity index (χ0) is 18.8. The minimum absolute atomic E-state index is 0.0357. The summed E-state index contributed by atoms with van der Waals surface area (Å²) in [6.45, 7) is 4.33. The van der Waals surface area contributed by atoms with E-state index in [-0.39, 0.29) is 5.91 Å². The number of benzene rings is 1. The van der Waals surface area contributed by atoms with E-state index in [4.69, 9.17) is 23.2 Å². The molecule has 3 aromatic rings. The van der Waals surface area contributed by atoms with Gasteiger partial charge in [-0.05, 0) is 43.5 Å². The van der Waals surface area contributed by atoms with Crippen molar-refractivity contribution in [1.29, 1.82) is 0 Å². The minimum Gasteiger partial charge on any atom is -0.341 e. The number of rotatable bonds is 5. The molecule has 0 N–H and O–H groups in total. The Labute approximate surface area is 161 Å². The number of aryl methyl sites for hydroxylation is 2. The average Bonchev–Trinajstić information content (AvgIpc) is 3.05. The molecule has 26 heavy (non-hydrogen) atoms. The number of carbonyl (C=O) groups excluding carboxylic acids is 1. The molecule has 0 unspecified atom stereocenters. The quantitative estimate of drug-likeness (QED) is 0.665. The van der Waals surface area contributed by atoms with Crippen LogP contribution in [0.3, 0.4) is 0 Å². The van der Waals surface area contributed by atoms with Crippen molar-refractivity contribution >= 4 is 34.9 Å². The third-order valence-electron chi connectivity index (χ3n) is 4.43. The normalized spacial score (nSPS) is 11.1. The van der Waals surface area contributed by atoms with Crippen LogP contribution < -0.4 is 0 Å². The van der Waals surface area contributed by atoms with E-state index in [1.54, 1.807) is 28.6 Å². The van der Waals surface area contributed by atoms with Crippen LogP contribution in [-0.2, 0) is 17.8 Å². The summed E-state index contributed by atoms with van der Waals surface area (Å²) in [5.74, 6) is 0.609. The van der Waals surface area contributed by atoms with Gasteiger partial charge in [0.15, 0.2) is 0 Å². The van der Waals surface area contributed by atoms with E-state index < -0.39 is 0 Å². The highest BCUT2D eigenvalue weighted by Gasteiger charge is 2.15.